The molecule has 0 rings (SSSR count). The van der Waals surface area contributed by atoms with Gasteiger partial charge in [0.15, 0.2) is 0 Å². The van der Waals surface area contributed by atoms with Crippen molar-refractivity contribution in [1.82, 2.24) is 0 Å². The molecule has 0 nitrogen and oxygen atoms in total. The minimum atomic E-state index is 0. The van der Waals surface area contributed by atoms with E-state index in [4.69, 9.17) is 0 Å². The van der Waals surface area contributed by atoms with E-state index in [1.165, 1.54) is 0 Å². The van der Waals surface area contributed by atoms with Crippen molar-refractivity contribution >= 4 is 0 Å². The van der Waals surface area contributed by atoms with Crippen molar-refractivity contribution in [2.45, 2.75) is 0 Å². The van der Waals surface area contributed by atoms with E-state index in [1.54, 1.807) is 0 Å². The van der Waals surface area contributed by atoms with Gasteiger partial charge < -0.3 is 7.43 Å². The monoisotopic (exact) mass is 207 g/mol. The molecule has 4 heavy (non-hydrogen) atoms. The molecule has 0 aliphatic heterocycles. The normalized spacial score (nSPS) is 0. The van der Waals surface area contributed by atoms with Gasteiger partial charge in [0, 0.05) is 62.7 Å². The first-order chi connectivity index (χ1) is 0. The van der Waals surface area contributed by atoms with Gasteiger partial charge in [-0.05, 0) is 0 Å². The number of hydrogen-bond donors (Lipinski definition) is 0. The van der Waals surface area contributed by atoms with Gasteiger partial charge in [0.2, 0.25) is 0 Å². The van der Waals surface area contributed by atoms with Crippen LogP contribution < -0.4 is 0 Å². The van der Waals surface area contributed by atoms with Crippen LogP contribution in [0.5, 0.6) is 0 Å². The van der Waals surface area contributed by atoms with E-state index >= 15 is 0 Å². The van der Waals surface area contributed by atoms with Crippen molar-refractivity contribution in [2.24, 2.45) is 0 Å². The predicted octanol–water partition coefficient (Wildman–Crippen LogP) is 0.443. The summed E-state index contributed by atoms with van der Waals surface area (Å²) in [5.74, 6) is 0. The van der Waals surface area contributed by atoms with Crippen LogP contribution in [0.4, 0.5) is 0 Å². The van der Waals surface area contributed by atoms with Crippen LogP contribution in [0.1, 0.15) is 0 Å². The van der Waals surface area contributed by atoms with Gasteiger partial charge in [0.05, 0.1) is 0 Å². The molecule has 0 fully saturated rings. The Balaban J connectivity index is 0. The smallest absolute Gasteiger partial charge is 0 e. The van der Waals surface area contributed by atoms with Crippen molar-refractivity contribution < 1.29 is 62.7 Å². The van der Waals surface area contributed by atoms with Gasteiger partial charge in [-0.2, -0.15) is 0 Å². The second-order valence-electron chi connectivity index (χ2n) is 0. The zero-order chi connectivity index (χ0) is 0. The zero-order valence-corrected chi connectivity index (χ0v) is 7.55. The van der Waals surface area contributed by atoms with Gasteiger partial charge in [0.1, 0.15) is 0 Å². The third-order valence-electron chi connectivity index (χ3n) is 0. The van der Waals surface area contributed by atoms with Crippen LogP contribution in [0.3, 0.4) is 0 Å². The summed E-state index contributed by atoms with van der Waals surface area (Å²) in [6, 6.07) is 0. The molecular formula is CH3NbTiV-. The van der Waals surface area contributed by atoms with Gasteiger partial charge in [-0.1, -0.05) is 0 Å². The third-order valence-corrected chi connectivity index (χ3v) is 0. The summed E-state index contributed by atoms with van der Waals surface area (Å²) in [6.07, 6.45) is 0. The summed E-state index contributed by atoms with van der Waals surface area (Å²) < 4.78 is 0. The predicted molar refractivity (Wildman–Crippen MR) is 6.41 cm³/mol. The van der Waals surface area contributed by atoms with E-state index in [0.29, 0.717) is 0 Å². The molecule has 0 unspecified atom stereocenters. The van der Waals surface area contributed by atoms with Crippen molar-refractivity contribution in [2.75, 3.05) is 0 Å². The van der Waals surface area contributed by atoms with E-state index in [9.17, 15) is 0 Å². The molecule has 0 aromatic heterocycles. The van der Waals surface area contributed by atoms with Gasteiger partial charge in [0.25, 0.3) is 0 Å². The first-order valence-electron chi connectivity index (χ1n) is 0. The number of hydrogen-bond acceptors (Lipinski definition) is 0. The Morgan fingerprint density at radius 2 is 1.00 bits per heavy atom. The molecule has 0 N–H and O–H groups in total. The van der Waals surface area contributed by atoms with Crippen LogP contribution in [0.15, 0.2) is 0 Å². The Morgan fingerprint density at radius 1 is 1.00 bits per heavy atom. The largest absolute Gasteiger partial charge is 0.358 e. The fourth-order valence-electron chi connectivity index (χ4n) is 0. The zero-order valence-electron chi connectivity index (χ0n) is 2.39. The molecule has 0 bridgehead atoms. The van der Waals surface area contributed by atoms with Crippen LogP contribution in [0.25, 0.3) is 0 Å². The molecule has 0 spiro atoms. The molecule has 3 heteroatoms. The average molecular weight is 207 g/mol. The van der Waals surface area contributed by atoms with E-state index in [1.807, 2.05) is 0 Å². The molecule has 0 aliphatic carbocycles. The quantitative estimate of drug-likeness (QED) is 0.399. The van der Waals surface area contributed by atoms with Crippen LogP contribution in [-0.4, -0.2) is 0 Å². The third kappa shape index (κ3) is 8.97. The fraction of sp³-hybridized carbons (Fsp3) is 0. The van der Waals surface area contributed by atoms with E-state index in [-0.39, 0.29) is 70.1 Å². The Morgan fingerprint density at radius 3 is 1.00 bits per heavy atom. The SMILES string of the molecule is [CH3-].[Nb].[Ti].[V]. The Labute approximate surface area is 69.4 Å². The standard InChI is InChI=1S/CH3.Nb.Ti.V/h1H3;;;/q-1;;;. The molecule has 0 atom stereocenters. The molecule has 0 saturated carbocycles. The summed E-state index contributed by atoms with van der Waals surface area (Å²) in [5.41, 5.74) is 0. The second kappa shape index (κ2) is 19.8. The maximum Gasteiger partial charge on any atom is 0 e. The van der Waals surface area contributed by atoms with E-state index < -0.39 is 0 Å². The molecule has 2 radical (unpaired) electrons. The fourth-order valence-corrected chi connectivity index (χ4v) is 0. The minimum Gasteiger partial charge on any atom is -0.358 e. The Kier molecular flexibility index (Phi) is 182. The maximum absolute atomic E-state index is 0. The van der Waals surface area contributed by atoms with Crippen LogP contribution >= 0.6 is 0 Å². The van der Waals surface area contributed by atoms with E-state index in [2.05, 4.69) is 0 Å². The molecule has 22 valence electrons. The summed E-state index contributed by atoms with van der Waals surface area (Å²) in [5, 5.41) is 0. The maximum atomic E-state index is 0. The first kappa shape index (κ1) is 36.9. The van der Waals surface area contributed by atoms with Gasteiger partial charge >= 0.3 is 0 Å². The van der Waals surface area contributed by atoms with Gasteiger partial charge in [-0.15, -0.1) is 0 Å². The summed E-state index contributed by atoms with van der Waals surface area (Å²) in [7, 11) is 0. The summed E-state index contributed by atoms with van der Waals surface area (Å²) in [4.78, 5) is 0. The summed E-state index contributed by atoms with van der Waals surface area (Å²) >= 11 is 0. The molecule has 0 amide bonds. The van der Waals surface area contributed by atoms with Gasteiger partial charge in [-0.3, -0.25) is 0 Å². The topological polar surface area (TPSA) is 0 Å². The first-order valence-corrected chi connectivity index (χ1v) is 0. The molecule has 0 saturated heterocycles. The van der Waals surface area contributed by atoms with Crippen molar-refractivity contribution in [3.8, 4) is 0 Å². The Bertz CT molecular complexity index is 8.00. The molecule has 0 aliphatic rings. The van der Waals surface area contributed by atoms with Crippen molar-refractivity contribution in [3.63, 3.8) is 0 Å². The number of rotatable bonds is 0. The second-order valence-corrected chi connectivity index (χ2v) is 0. The van der Waals surface area contributed by atoms with Crippen molar-refractivity contribution in [1.29, 1.82) is 0 Å². The van der Waals surface area contributed by atoms with Crippen molar-refractivity contribution in [3.05, 3.63) is 7.43 Å². The Hall–Kier alpha value is 2.04. The van der Waals surface area contributed by atoms with Crippen LogP contribution in [-0.2, 0) is 62.7 Å². The van der Waals surface area contributed by atoms with Gasteiger partial charge in [-0.25, -0.2) is 0 Å². The van der Waals surface area contributed by atoms with Crippen LogP contribution in [0.2, 0.25) is 0 Å². The summed E-state index contributed by atoms with van der Waals surface area (Å²) in [6.45, 7) is 0. The molecule has 0 heterocycles. The minimum absolute atomic E-state index is 0. The average Bonchev–Trinajstić information content (AvgIpc) is 0. The molecule has 0 aromatic rings. The van der Waals surface area contributed by atoms with E-state index in [0.717, 1.165) is 0 Å². The molecular weight excluding hydrogens is 204 g/mol. The van der Waals surface area contributed by atoms with Crippen LogP contribution in [0, 0.1) is 7.43 Å². The molecule has 0 aromatic carbocycles.